The average Bonchev–Trinajstić information content (AvgIpc) is 3.37. The lowest BCUT2D eigenvalue weighted by Gasteiger charge is -2.09. The zero-order valence-electron chi connectivity index (χ0n) is 14.9. The molecule has 0 bridgehead atoms. The maximum absolute atomic E-state index is 12.0. The molecule has 0 unspecified atom stereocenters. The predicted octanol–water partition coefficient (Wildman–Crippen LogP) is 5.27. The highest BCUT2D eigenvalue weighted by Gasteiger charge is 2.13. The van der Waals surface area contributed by atoms with Crippen molar-refractivity contribution in [3.05, 3.63) is 77.7 Å². The molecule has 0 aliphatic carbocycles. The van der Waals surface area contributed by atoms with Crippen molar-refractivity contribution in [2.75, 3.05) is 5.32 Å². The Morgan fingerprint density at radius 3 is 2.79 bits per heavy atom. The van der Waals surface area contributed by atoms with E-state index in [-0.39, 0.29) is 11.0 Å². The number of carbonyl (C=O) groups excluding carboxylic acids is 1. The van der Waals surface area contributed by atoms with Crippen LogP contribution in [0.4, 0.5) is 5.69 Å². The standard InChI is InChI=1S/C21H14ClN3O3S/c22-16-9-7-13(12-15(16)20-24-17-5-1-2-6-18(17)28-20)23-21(29)25-19(26)10-8-14-4-3-11-27-14/h1-12H,(H2,23,25,26,29)/b10-8+. The van der Waals surface area contributed by atoms with Gasteiger partial charge in [-0.3, -0.25) is 10.1 Å². The van der Waals surface area contributed by atoms with E-state index in [1.54, 1.807) is 36.4 Å². The van der Waals surface area contributed by atoms with E-state index >= 15 is 0 Å². The van der Waals surface area contributed by atoms with Gasteiger partial charge in [0.15, 0.2) is 10.7 Å². The minimum Gasteiger partial charge on any atom is -0.465 e. The van der Waals surface area contributed by atoms with Gasteiger partial charge in [-0.15, -0.1) is 0 Å². The Morgan fingerprint density at radius 2 is 2.00 bits per heavy atom. The summed E-state index contributed by atoms with van der Waals surface area (Å²) in [7, 11) is 0. The number of carbonyl (C=O) groups is 1. The summed E-state index contributed by atoms with van der Waals surface area (Å²) in [6.07, 6.45) is 4.41. The van der Waals surface area contributed by atoms with Gasteiger partial charge in [-0.1, -0.05) is 23.7 Å². The molecule has 6 nitrogen and oxygen atoms in total. The van der Waals surface area contributed by atoms with Gasteiger partial charge in [-0.05, 0) is 60.8 Å². The fraction of sp³-hybridized carbons (Fsp3) is 0. The first-order chi connectivity index (χ1) is 14.1. The lowest BCUT2D eigenvalue weighted by Crippen LogP contribution is -2.32. The number of halogens is 1. The number of aromatic nitrogens is 1. The van der Waals surface area contributed by atoms with Crippen molar-refractivity contribution in [2.24, 2.45) is 0 Å². The number of hydrogen-bond acceptors (Lipinski definition) is 5. The fourth-order valence-electron chi connectivity index (χ4n) is 2.61. The number of anilines is 1. The number of hydrogen-bond donors (Lipinski definition) is 2. The predicted molar refractivity (Wildman–Crippen MR) is 117 cm³/mol. The van der Waals surface area contributed by atoms with Crippen molar-refractivity contribution in [3.8, 4) is 11.5 Å². The molecule has 2 heterocycles. The molecule has 0 saturated heterocycles. The SMILES string of the molecule is O=C(/C=C/c1ccco1)NC(=S)Nc1ccc(Cl)c(-c2nc3ccccc3o2)c1. The van der Waals surface area contributed by atoms with Gasteiger partial charge in [0.2, 0.25) is 11.8 Å². The van der Waals surface area contributed by atoms with Crippen LogP contribution in [0.5, 0.6) is 0 Å². The molecule has 0 aliphatic rings. The molecular weight excluding hydrogens is 410 g/mol. The van der Waals surface area contributed by atoms with E-state index in [0.29, 0.717) is 33.5 Å². The van der Waals surface area contributed by atoms with Crippen LogP contribution in [0.2, 0.25) is 5.02 Å². The Kier molecular flexibility index (Phi) is 5.41. The first-order valence-corrected chi connectivity index (χ1v) is 9.36. The number of fused-ring (bicyclic) bond motifs is 1. The number of thiocarbonyl (C=S) groups is 1. The Bertz CT molecular complexity index is 1180. The van der Waals surface area contributed by atoms with Gasteiger partial charge >= 0.3 is 0 Å². The van der Waals surface area contributed by atoms with Crippen molar-refractivity contribution in [1.29, 1.82) is 0 Å². The summed E-state index contributed by atoms with van der Waals surface area (Å²) in [6.45, 7) is 0. The summed E-state index contributed by atoms with van der Waals surface area (Å²) in [5.41, 5.74) is 2.65. The van der Waals surface area contributed by atoms with Crippen molar-refractivity contribution in [2.45, 2.75) is 0 Å². The summed E-state index contributed by atoms with van der Waals surface area (Å²) in [6, 6.07) is 16.1. The zero-order valence-corrected chi connectivity index (χ0v) is 16.5. The highest BCUT2D eigenvalue weighted by Crippen LogP contribution is 2.32. The monoisotopic (exact) mass is 423 g/mol. The van der Waals surface area contributed by atoms with Gasteiger partial charge in [0.05, 0.1) is 16.8 Å². The molecular formula is C21H14ClN3O3S. The minimum absolute atomic E-state index is 0.143. The minimum atomic E-state index is -0.382. The van der Waals surface area contributed by atoms with Crippen LogP contribution in [0.1, 0.15) is 5.76 Å². The summed E-state index contributed by atoms with van der Waals surface area (Å²) < 4.78 is 10.9. The van der Waals surface area contributed by atoms with Gasteiger partial charge in [-0.25, -0.2) is 4.98 Å². The number of nitrogens with one attached hydrogen (secondary N) is 2. The molecule has 2 N–H and O–H groups in total. The van der Waals surface area contributed by atoms with Gasteiger partial charge in [0, 0.05) is 11.8 Å². The highest BCUT2D eigenvalue weighted by molar-refractivity contribution is 7.80. The number of amides is 1. The molecule has 2 aromatic heterocycles. The average molecular weight is 424 g/mol. The van der Waals surface area contributed by atoms with E-state index in [9.17, 15) is 4.79 Å². The number of benzene rings is 2. The van der Waals surface area contributed by atoms with Gasteiger partial charge in [-0.2, -0.15) is 0 Å². The van der Waals surface area contributed by atoms with E-state index in [0.717, 1.165) is 5.52 Å². The topological polar surface area (TPSA) is 80.3 Å². The summed E-state index contributed by atoms with van der Waals surface area (Å²) >= 11 is 11.5. The molecule has 4 rings (SSSR count). The van der Waals surface area contributed by atoms with Crippen LogP contribution in [-0.2, 0) is 4.79 Å². The Labute approximate surface area is 176 Å². The second kappa shape index (κ2) is 8.30. The molecule has 144 valence electrons. The zero-order chi connectivity index (χ0) is 20.2. The van der Waals surface area contributed by atoms with E-state index in [1.807, 2.05) is 24.3 Å². The lowest BCUT2D eigenvalue weighted by molar-refractivity contribution is -0.115. The number of oxazole rings is 1. The molecule has 0 radical (unpaired) electrons. The van der Waals surface area contributed by atoms with Crippen molar-refractivity contribution >= 4 is 57.7 Å². The molecule has 29 heavy (non-hydrogen) atoms. The number of para-hydroxylation sites is 2. The van der Waals surface area contributed by atoms with E-state index in [4.69, 9.17) is 32.7 Å². The molecule has 0 atom stereocenters. The van der Waals surface area contributed by atoms with Crippen molar-refractivity contribution in [3.63, 3.8) is 0 Å². The maximum atomic E-state index is 12.0. The molecule has 1 amide bonds. The maximum Gasteiger partial charge on any atom is 0.250 e. The number of nitrogens with zero attached hydrogens (tertiary/aromatic N) is 1. The highest BCUT2D eigenvalue weighted by atomic mass is 35.5. The van der Waals surface area contributed by atoms with E-state index < -0.39 is 0 Å². The Morgan fingerprint density at radius 1 is 1.14 bits per heavy atom. The largest absolute Gasteiger partial charge is 0.465 e. The van der Waals surface area contributed by atoms with Crippen LogP contribution in [0.3, 0.4) is 0 Å². The smallest absolute Gasteiger partial charge is 0.250 e. The number of furan rings is 1. The van der Waals surface area contributed by atoms with Gasteiger partial charge < -0.3 is 14.2 Å². The Balaban J connectivity index is 1.47. The van der Waals surface area contributed by atoms with Crippen LogP contribution < -0.4 is 10.6 Å². The summed E-state index contributed by atoms with van der Waals surface area (Å²) in [4.78, 5) is 16.4. The van der Waals surface area contributed by atoms with Crippen molar-refractivity contribution < 1.29 is 13.6 Å². The molecule has 0 aliphatic heterocycles. The Hall–Kier alpha value is -3.42. The van der Waals surface area contributed by atoms with Crippen LogP contribution in [0.15, 0.2) is 75.8 Å². The van der Waals surface area contributed by atoms with Crippen LogP contribution in [0, 0.1) is 0 Å². The number of rotatable bonds is 4. The third-order valence-electron chi connectivity index (χ3n) is 3.93. The van der Waals surface area contributed by atoms with Crippen molar-refractivity contribution in [1.82, 2.24) is 10.3 Å². The molecule has 0 saturated carbocycles. The molecule has 2 aromatic carbocycles. The molecule has 8 heteroatoms. The quantitative estimate of drug-likeness (QED) is 0.344. The fourth-order valence-corrected chi connectivity index (χ4v) is 3.03. The lowest BCUT2D eigenvalue weighted by atomic mass is 10.2. The third-order valence-corrected chi connectivity index (χ3v) is 4.46. The van der Waals surface area contributed by atoms with E-state index in [2.05, 4.69) is 15.6 Å². The first-order valence-electron chi connectivity index (χ1n) is 8.57. The second-order valence-electron chi connectivity index (χ2n) is 5.97. The third kappa shape index (κ3) is 4.53. The van der Waals surface area contributed by atoms with Crippen LogP contribution in [-0.4, -0.2) is 16.0 Å². The molecule has 0 fully saturated rings. The van der Waals surface area contributed by atoms with Gasteiger partial charge in [0.1, 0.15) is 11.3 Å². The van der Waals surface area contributed by atoms with Crippen LogP contribution >= 0.6 is 23.8 Å². The first kappa shape index (κ1) is 18.9. The molecule has 4 aromatic rings. The van der Waals surface area contributed by atoms with Gasteiger partial charge in [0.25, 0.3) is 0 Å². The van der Waals surface area contributed by atoms with Crippen LogP contribution in [0.25, 0.3) is 28.6 Å². The van der Waals surface area contributed by atoms with E-state index in [1.165, 1.54) is 12.3 Å². The molecule has 0 spiro atoms. The summed E-state index contributed by atoms with van der Waals surface area (Å²) in [5.74, 6) is 0.586. The normalized spacial score (nSPS) is 11.1. The summed E-state index contributed by atoms with van der Waals surface area (Å²) in [5, 5.41) is 6.15. The second-order valence-corrected chi connectivity index (χ2v) is 6.79.